The molecule has 0 bridgehead atoms. The number of hydrogen-bond donors (Lipinski definition) is 0. The van der Waals surface area contributed by atoms with Gasteiger partial charge < -0.3 is 14.2 Å². The Morgan fingerprint density at radius 2 is 2.11 bits per heavy atom. The van der Waals surface area contributed by atoms with E-state index in [-0.39, 0.29) is 33.5 Å². The van der Waals surface area contributed by atoms with Crippen molar-refractivity contribution in [2.45, 2.75) is 37.5 Å². The summed E-state index contributed by atoms with van der Waals surface area (Å²) < 4.78 is 44.0. The molecule has 10 heteroatoms. The highest BCUT2D eigenvalue weighted by atomic mass is 35.5. The van der Waals surface area contributed by atoms with Gasteiger partial charge in [-0.25, -0.2) is 17.9 Å². The van der Waals surface area contributed by atoms with Gasteiger partial charge in [-0.2, -0.15) is 5.10 Å². The van der Waals surface area contributed by atoms with E-state index in [9.17, 15) is 13.2 Å². The fraction of sp³-hybridized carbons (Fsp3) is 0.444. The summed E-state index contributed by atoms with van der Waals surface area (Å²) in [6.07, 6.45) is 1.67. The zero-order valence-corrected chi connectivity index (χ0v) is 17.0. The number of hydrogen-bond acceptors (Lipinski definition) is 7. The topological polar surface area (TPSA) is 96.7 Å². The van der Waals surface area contributed by atoms with E-state index in [0.29, 0.717) is 30.9 Å². The molecule has 3 heterocycles. The summed E-state index contributed by atoms with van der Waals surface area (Å²) in [6, 6.07) is 2.90. The maximum Gasteiger partial charge on any atom is 0.345 e. The molecule has 0 amide bonds. The van der Waals surface area contributed by atoms with Crippen molar-refractivity contribution >= 4 is 27.4 Å². The van der Waals surface area contributed by atoms with Crippen molar-refractivity contribution in [3.63, 3.8) is 0 Å². The van der Waals surface area contributed by atoms with Crippen molar-refractivity contribution in [2.24, 2.45) is 0 Å². The summed E-state index contributed by atoms with van der Waals surface area (Å²) in [5.74, 6) is -1.72. The molecule has 2 aliphatic heterocycles. The molecule has 0 aliphatic carbocycles. The lowest BCUT2D eigenvalue weighted by Gasteiger charge is -2.35. The molecule has 0 unspecified atom stereocenters. The number of sulfone groups is 1. The molecule has 1 saturated heterocycles. The van der Waals surface area contributed by atoms with Gasteiger partial charge in [0.25, 0.3) is 0 Å². The first-order chi connectivity index (χ1) is 13.3. The van der Waals surface area contributed by atoms with E-state index < -0.39 is 21.6 Å². The van der Waals surface area contributed by atoms with E-state index in [1.165, 1.54) is 16.9 Å². The number of fused-ring (bicyclic) bond motifs is 2. The molecule has 0 radical (unpaired) electrons. The van der Waals surface area contributed by atoms with Gasteiger partial charge in [-0.05, 0) is 25.5 Å². The van der Waals surface area contributed by atoms with Crippen LogP contribution in [-0.2, 0) is 31.6 Å². The van der Waals surface area contributed by atoms with Crippen LogP contribution < -0.4 is 4.74 Å². The molecule has 1 aromatic heterocycles. The van der Waals surface area contributed by atoms with Gasteiger partial charge in [0, 0.05) is 24.6 Å². The number of esters is 1. The number of carbonyl (C=O) groups is 1. The first-order valence-corrected chi connectivity index (χ1v) is 10.9. The molecule has 4 rings (SSSR count). The Balaban J connectivity index is 1.85. The van der Waals surface area contributed by atoms with Crippen LogP contribution in [0.15, 0.2) is 23.2 Å². The van der Waals surface area contributed by atoms with Crippen LogP contribution in [0.25, 0.3) is 0 Å². The number of aryl methyl sites for hydroxylation is 1. The van der Waals surface area contributed by atoms with Crippen molar-refractivity contribution in [3.8, 4) is 5.88 Å². The van der Waals surface area contributed by atoms with Gasteiger partial charge in [0.1, 0.15) is 0 Å². The highest BCUT2D eigenvalue weighted by Crippen LogP contribution is 2.48. The maximum absolute atomic E-state index is 12.9. The zero-order chi connectivity index (χ0) is 20.1. The molecule has 0 N–H and O–H groups in total. The average molecular weight is 427 g/mol. The van der Waals surface area contributed by atoms with Crippen LogP contribution in [0.1, 0.15) is 34.8 Å². The van der Waals surface area contributed by atoms with Crippen LogP contribution in [0.3, 0.4) is 0 Å². The Labute approximate surface area is 167 Å². The van der Waals surface area contributed by atoms with Crippen LogP contribution in [0.5, 0.6) is 5.88 Å². The summed E-state index contributed by atoms with van der Waals surface area (Å²) in [7, 11) is -3.62. The van der Waals surface area contributed by atoms with Crippen molar-refractivity contribution in [1.29, 1.82) is 0 Å². The minimum Gasteiger partial charge on any atom is -0.404 e. The SMILES string of the molecule is CCn1nccc1OC(=O)c1cc(Cl)c2c(c1C)C1(CCS2(=O)=O)OCCO1. The third kappa shape index (κ3) is 2.93. The van der Waals surface area contributed by atoms with Crippen LogP contribution in [0.4, 0.5) is 0 Å². The van der Waals surface area contributed by atoms with Crippen LogP contribution >= 0.6 is 11.6 Å². The number of ether oxygens (including phenoxy) is 3. The Morgan fingerprint density at radius 1 is 1.39 bits per heavy atom. The highest BCUT2D eigenvalue weighted by Gasteiger charge is 2.49. The van der Waals surface area contributed by atoms with Crippen LogP contribution in [0, 0.1) is 6.92 Å². The first-order valence-electron chi connectivity index (χ1n) is 8.87. The lowest BCUT2D eigenvalue weighted by atomic mass is 9.93. The normalized spacial score (nSPS) is 19.5. The molecular weight excluding hydrogens is 408 g/mol. The Hall–Kier alpha value is -1.94. The van der Waals surface area contributed by atoms with E-state index in [1.807, 2.05) is 6.92 Å². The Bertz CT molecular complexity index is 1060. The van der Waals surface area contributed by atoms with Gasteiger partial charge in [0.2, 0.25) is 5.88 Å². The maximum atomic E-state index is 12.9. The highest BCUT2D eigenvalue weighted by molar-refractivity contribution is 7.91. The standard InChI is InChI=1S/C18H19ClN2O6S/c1-3-21-14(4-6-20-21)27-17(22)12-10-13(19)16-15(11(12)2)18(25-7-8-26-18)5-9-28(16,23)24/h4,6,10H,3,5,7-9H2,1-2H3. The van der Waals surface area contributed by atoms with Gasteiger partial charge in [-0.15, -0.1) is 0 Å². The molecule has 1 spiro atoms. The number of halogens is 1. The molecular formula is C18H19ClN2O6S. The van der Waals surface area contributed by atoms with Gasteiger partial charge >= 0.3 is 5.97 Å². The quantitative estimate of drug-likeness (QED) is 0.695. The van der Waals surface area contributed by atoms with E-state index in [1.54, 1.807) is 13.0 Å². The number of carbonyl (C=O) groups excluding carboxylic acids is 1. The lowest BCUT2D eigenvalue weighted by molar-refractivity contribution is -0.170. The summed E-state index contributed by atoms with van der Waals surface area (Å²) in [4.78, 5) is 12.8. The van der Waals surface area contributed by atoms with Crippen molar-refractivity contribution in [1.82, 2.24) is 9.78 Å². The number of benzene rings is 1. The van der Waals surface area contributed by atoms with Gasteiger partial charge in [0.05, 0.1) is 40.6 Å². The van der Waals surface area contributed by atoms with E-state index in [2.05, 4.69) is 5.10 Å². The average Bonchev–Trinajstić information content (AvgIpc) is 3.30. The van der Waals surface area contributed by atoms with Gasteiger partial charge in [0.15, 0.2) is 15.6 Å². The summed E-state index contributed by atoms with van der Waals surface area (Å²) in [5, 5.41) is 4.02. The second-order valence-electron chi connectivity index (χ2n) is 6.63. The molecule has 28 heavy (non-hydrogen) atoms. The van der Waals surface area contributed by atoms with E-state index >= 15 is 0 Å². The molecule has 1 aromatic carbocycles. The summed E-state index contributed by atoms with van der Waals surface area (Å²) in [6.45, 7) is 4.72. The third-order valence-corrected chi connectivity index (χ3v) is 7.23. The number of rotatable bonds is 3. The fourth-order valence-electron chi connectivity index (χ4n) is 3.73. The van der Waals surface area contributed by atoms with Gasteiger partial charge in [-0.1, -0.05) is 11.6 Å². The minimum atomic E-state index is -3.62. The monoisotopic (exact) mass is 426 g/mol. The van der Waals surface area contributed by atoms with Gasteiger partial charge in [-0.3, -0.25) is 0 Å². The predicted molar refractivity (Wildman–Crippen MR) is 99.3 cm³/mol. The van der Waals surface area contributed by atoms with E-state index in [4.69, 9.17) is 25.8 Å². The summed E-state index contributed by atoms with van der Waals surface area (Å²) >= 11 is 6.33. The second kappa shape index (κ2) is 6.84. The molecule has 2 aromatic rings. The second-order valence-corrected chi connectivity index (χ2v) is 9.08. The molecule has 0 atom stereocenters. The van der Waals surface area contributed by atoms with Crippen molar-refractivity contribution in [2.75, 3.05) is 19.0 Å². The number of aromatic nitrogens is 2. The Morgan fingerprint density at radius 3 is 2.79 bits per heavy atom. The molecule has 150 valence electrons. The summed E-state index contributed by atoms with van der Waals surface area (Å²) in [5.41, 5.74) is 0.861. The number of nitrogens with zero attached hydrogens (tertiary/aromatic N) is 2. The molecule has 8 nitrogen and oxygen atoms in total. The fourth-order valence-corrected chi connectivity index (χ4v) is 6.01. The van der Waals surface area contributed by atoms with Crippen molar-refractivity contribution in [3.05, 3.63) is 40.0 Å². The Kier molecular flexibility index (Phi) is 4.73. The predicted octanol–water partition coefficient (Wildman–Crippen LogP) is 2.46. The van der Waals surface area contributed by atoms with Crippen molar-refractivity contribution < 1.29 is 27.4 Å². The third-order valence-electron chi connectivity index (χ3n) is 5.03. The minimum absolute atomic E-state index is 0.0324. The zero-order valence-electron chi connectivity index (χ0n) is 15.4. The van der Waals surface area contributed by atoms with Crippen LogP contribution in [0.2, 0.25) is 5.02 Å². The molecule has 0 saturated carbocycles. The lowest BCUT2D eigenvalue weighted by Crippen LogP contribution is -2.38. The largest absolute Gasteiger partial charge is 0.404 e. The molecule has 1 fully saturated rings. The smallest absolute Gasteiger partial charge is 0.345 e. The molecule has 2 aliphatic rings. The van der Waals surface area contributed by atoms with Crippen LogP contribution in [-0.4, -0.2) is 43.1 Å². The van der Waals surface area contributed by atoms with E-state index in [0.717, 1.165) is 0 Å². The first kappa shape index (κ1) is 19.4.